The maximum Gasteiger partial charge on any atom is 0.315 e. The van der Waals surface area contributed by atoms with Crippen molar-refractivity contribution in [1.82, 2.24) is 10.6 Å². The standard InChI is InChI=1S/C11H20N2O3/c14-11(13-9-4-7-15-8-9)12-5-3-10-2-1-6-16-10/h9-10H,1-8H2,(H2,12,13,14). The number of carbonyl (C=O) groups is 1. The second-order valence-corrected chi connectivity index (χ2v) is 4.38. The quantitative estimate of drug-likeness (QED) is 0.742. The van der Waals surface area contributed by atoms with Gasteiger partial charge in [-0.2, -0.15) is 0 Å². The molecule has 0 bridgehead atoms. The molecule has 2 fully saturated rings. The molecule has 0 radical (unpaired) electrons. The van der Waals surface area contributed by atoms with E-state index in [1.54, 1.807) is 0 Å². The fraction of sp³-hybridized carbons (Fsp3) is 0.909. The first-order valence-electron chi connectivity index (χ1n) is 6.08. The van der Waals surface area contributed by atoms with Gasteiger partial charge in [0.1, 0.15) is 0 Å². The minimum atomic E-state index is -0.0894. The van der Waals surface area contributed by atoms with Gasteiger partial charge in [-0.3, -0.25) is 0 Å². The summed E-state index contributed by atoms with van der Waals surface area (Å²) in [5.41, 5.74) is 0. The maximum atomic E-state index is 11.5. The molecule has 2 aliphatic heterocycles. The van der Waals surface area contributed by atoms with Crippen molar-refractivity contribution in [2.45, 2.75) is 37.8 Å². The fourth-order valence-corrected chi connectivity index (χ4v) is 2.10. The molecule has 2 saturated heterocycles. The first kappa shape index (κ1) is 11.7. The average Bonchev–Trinajstić information content (AvgIpc) is 2.90. The van der Waals surface area contributed by atoms with Gasteiger partial charge >= 0.3 is 6.03 Å². The van der Waals surface area contributed by atoms with Crippen LogP contribution < -0.4 is 10.6 Å². The third-order valence-corrected chi connectivity index (χ3v) is 3.04. The lowest BCUT2D eigenvalue weighted by atomic mass is 10.2. The highest BCUT2D eigenvalue weighted by molar-refractivity contribution is 5.74. The highest BCUT2D eigenvalue weighted by Gasteiger charge is 2.18. The Morgan fingerprint density at radius 3 is 2.94 bits per heavy atom. The molecule has 5 heteroatoms. The Balaban J connectivity index is 1.52. The lowest BCUT2D eigenvalue weighted by molar-refractivity contribution is 0.104. The molecular formula is C11H20N2O3. The van der Waals surface area contributed by atoms with Crippen LogP contribution in [-0.4, -0.2) is 44.5 Å². The summed E-state index contributed by atoms with van der Waals surface area (Å²) in [6.45, 7) is 2.94. The Morgan fingerprint density at radius 1 is 1.31 bits per heavy atom. The van der Waals surface area contributed by atoms with Gasteiger partial charge < -0.3 is 20.1 Å². The maximum absolute atomic E-state index is 11.5. The van der Waals surface area contributed by atoms with E-state index in [1.165, 1.54) is 0 Å². The summed E-state index contributed by atoms with van der Waals surface area (Å²) >= 11 is 0. The third-order valence-electron chi connectivity index (χ3n) is 3.04. The van der Waals surface area contributed by atoms with Crippen LogP contribution in [0.1, 0.15) is 25.7 Å². The normalized spacial score (nSPS) is 29.2. The van der Waals surface area contributed by atoms with Crippen molar-refractivity contribution >= 4 is 6.03 Å². The van der Waals surface area contributed by atoms with E-state index in [1.807, 2.05) is 0 Å². The van der Waals surface area contributed by atoms with Crippen LogP contribution in [0.3, 0.4) is 0 Å². The van der Waals surface area contributed by atoms with Crippen molar-refractivity contribution in [3.8, 4) is 0 Å². The summed E-state index contributed by atoms with van der Waals surface area (Å²) in [6, 6.07) is 0.0937. The molecule has 0 aromatic carbocycles. The predicted octanol–water partition coefficient (Wildman–Crippen LogP) is 0.644. The molecule has 0 aliphatic carbocycles. The van der Waals surface area contributed by atoms with Crippen molar-refractivity contribution in [3.05, 3.63) is 0 Å². The number of amides is 2. The second-order valence-electron chi connectivity index (χ2n) is 4.38. The van der Waals surface area contributed by atoms with Gasteiger partial charge in [0.25, 0.3) is 0 Å². The van der Waals surface area contributed by atoms with E-state index >= 15 is 0 Å². The molecule has 0 spiro atoms. The van der Waals surface area contributed by atoms with E-state index in [9.17, 15) is 4.79 Å². The molecular weight excluding hydrogens is 208 g/mol. The van der Waals surface area contributed by atoms with Crippen molar-refractivity contribution in [1.29, 1.82) is 0 Å². The van der Waals surface area contributed by atoms with Gasteiger partial charge in [-0.05, 0) is 25.7 Å². The number of ether oxygens (including phenoxy) is 2. The Hall–Kier alpha value is -0.810. The molecule has 92 valence electrons. The molecule has 2 atom stereocenters. The zero-order chi connectivity index (χ0) is 11.2. The molecule has 2 unspecified atom stereocenters. The van der Waals surface area contributed by atoms with Crippen LogP contribution >= 0.6 is 0 Å². The van der Waals surface area contributed by atoms with E-state index in [0.717, 1.165) is 38.9 Å². The Bertz CT molecular complexity index is 223. The van der Waals surface area contributed by atoms with Crippen molar-refractivity contribution < 1.29 is 14.3 Å². The Labute approximate surface area is 95.9 Å². The predicted molar refractivity (Wildman–Crippen MR) is 59.3 cm³/mol. The molecule has 0 saturated carbocycles. The fourth-order valence-electron chi connectivity index (χ4n) is 2.10. The molecule has 2 heterocycles. The van der Waals surface area contributed by atoms with Crippen molar-refractivity contribution in [2.75, 3.05) is 26.4 Å². The average molecular weight is 228 g/mol. The van der Waals surface area contributed by atoms with E-state index in [4.69, 9.17) is 9.47 Å². The first-order chi connectivity index (χ1) is 7.84. The SMILES string of the molecule is O=C(NCCC1CCCO1)NC1CCOC1. The second kappa shape index (κ2) is 6.06. The third kappa shape index (κ3) is 3.64. The topological polar surface area (TPSA) is 59.6 Å². The van der Waals surface area contributed by atoms with Gasteiger partial charge in [0, 0.05) is 19.8 Å². The molecule has 0 aromatic rings. The van der Waals surface area contributed by atoms with Gasteiger partial charge in [-0.25, -0.2) is 4.79 Å². The summed E-state index contributed by atoms with van der Waals surface area (Å²) in [7, 11) is 0. The van der Waals surface area contributed by atoms with Gasteiger partial charge in [-0.1, -0.05) is 0 Å². The van der Waals surface area contributed by atoms with Crippen LogP contribution in [0.2, 0.25) is 0 Å². The Kier molecular flexibility index (Phi) is 4.42. The van der Waals surface area contributed by atoms with Gasteiger partial charge in [0.15, 0.2) is 0 Å². The van der Waals surface area contributed by atoms with Crippen LogP contribution in [0.15, 0.2) is 0 Å². The molecule has 2 N–H and O–H groups in total. The first-order valence-corrected chi connectivity index (χ1v) is 6.08. The van der Waals surface area contributed by atoms with E-state index in [2.05, 4.69) is 10.6 Å². The number of carbonyl (C=O) groups excluding carboxylic acids is 1. The van der Waals surface area contributed by atoms with Crippen LogP contribution in [0.4, 0.5) is 4.79 Å². The van der Waals surface area contributed by atoms with Crippen LogP contribution in [0, 0.1) is 0 Å². The van der Waals surface area contributed by atoms with E-state index in [0.29, 0.717) is 19.3 Å². The summed E-state index contributed by atoms with van der Waals surface area (Å²) in [4.78, 5) is 11.5. The molecule has 2 amide bonds. The Morgan fingerprint density at radius 2 is 2.25 bits per heavy atom. The highest BCUT2D eigenvalue weighted by Crippen LogP contribution is 2.14. The zero-order valence-corrected chi connectivity index (χ0v) is 9.54. The van der Waals surface area contributed by atoms with Crippen molar-refractivity contribution in [2.24, 2.45) is 0 Å². The minimum absolute atomic E-state index is 0.0894. The summed E-state index contributed by atoms with van der Waals surface area (Å²) < 4.78 is 10.7. The summed E-state index contributed by atoms with van der Waals surface area (Å²) in [5, 5.41) is 5.74. The summed E-state index contributed by atoms with van der Waals surface area (Å²) in [6.07, 6.45) is 4.44. The lowest BCUT2D eigenvalue weighted by Gasteiger charge is -2.13. The van der Waals surface area contributed by atoms with E-state index < -0.39 is 0 Å². The lowest BCUT2D eigenvalue weighted by Crippen LogP contribution is -2.43. The van der Waals surface area contributed by atoms with E-state index in [-0.39, 0.29) is 12.1 Å². The molecule has 2 rings (SSSR count). The smallest absolute Gasteiger partial charge is 0.315 e. The molecule has 16 heavy (non-hydrogen) atoms. The molecule has 5 nitrogen and oxygen atoms in total. The number of nitrogens with one attached hydrogen (secondary N) is 2. The number of hydrogen-bond acceptors (Lipinski definition) is 3. The number of hydrogen-bond donors (Lipinski definition) is 2. The zero-order valence-electron chi connectivity index (χ0n) is 9.54. The van der Waals surface area contributed by atoms with Crippen LogP contribution in [-0.2, 0) is 9.47 Å². The van der Waals surface area contributed by atoms with Crippen LogP contribution in [0.25, 0.3) is 0 Å². The highest BCUT2D eigenvalue weighted by atomic mass is 16.5. The van der Waals surface area contributed by atoms with Gasteiger partial charge in [0.05, 0.1) is 18.8 Å². The number of urea groups is 1. The minimum Gasteiger partial charge on any atom is -0.379 e. The van der Waals surface area contributed by atoms with Gasteiger partial charge in [-0.15, -0.1) is 0 Å². The van der Waals surface area contributed by atoms with Gasteiger partial charge in [0.2, 0.25) is 0 Å². The summed E-state index contributed by atoms with van der Waals surface area (Å²) in [5.74, 6) is 0. The largest absolute Gasteiger partial charge is 0.379 e. The number of rotatable bonds is 4. The van der Waals surface area contributed by atoms with Crippen LogP contribution in [0.5, 0.6) is 0 Å². The molecule has 2 aliphatic rings. The monoisotopic (exact) mass is 228 g/mol. The molecule has 0 aromatic heterocycles. The van der Waals surface area contributed by atoms with Crippen molar-refractivity contribution in [3.63, 3.8) is 0 Å².